The Hall–Kier alpha value is -3.74. The topological polar surface area (TPSA) is 149 Å². The molecule has 198 valence electrons. The summed E-state index contributed by atoms with van der Waals surface area (Å²) in [6.07, 6.45) is 5.46. The Kier molecular flexibility index (Phi) is 7.19. The Labute approximate surface area is 224 Å². The molecule has 4 aromatic rings. The van der Waals surface area contributed by atoms with E-state index in [1.165, 1.54) is 11.3 Å². The van der Waals surface area contributed by atoms with Gasteiger partial charge in [-0.15, -0.1) is 0 Å². The summed E-state index contributed by atoms with van der Waals surface area (Å²) in [5.74, 6) is 0.419. The lowest BCUT2D eigenvalue weighted by Gasteiger charge is -2.36. The number of aromatic nitrogens is 5. The fourth-order valence-electron chi connectivity index (χ4n) is 4.41. The molecule has 1 unspecified atom stereocenters. The van der Waals surface area contributed by atoms with Gasteiger partial charge in [-0.1, -0.05) is 18.3 Å². The van der Waals surface area contributed by atoms with Crippen LogP contribution in [0.15, 0.2) is 36.8 Å². The van der Waals surface area contributed by atoms with E-state index in [-0.39, 0.29) is 0 Å². The number of aliphatic hydroxyl groups excluding tert-OH is 1. The summed E-state index contributed by atoms with van der Waals surface area (Å²) in [5.41, 5.74) is 3.40. The van der Waals surface area contributed by atoms with Crippen LogP contribution in [0.5, 0.6) is 0 Å². The van der Waals surface area contributed by atoms with E-state index in [4.69, 9.17) is 4.98 Å². The van der Waals surface area contributed by atoms with Crippen LogP contribution in [0.25, 0.3) is 32.7 Å². The molecular formula is C26H30N8O3S. The minimum atomic E-state index is -0.914. The number of carboxylic acid groups (broad SMARTS) is 1. The molecule has 1 aliphatic heterocycles. The molecule has 0 radical (unpaired) electrons. The maximum absolute atomic E-state index is 11.6. The molecular weight excluding hydrogens is 504 g/mol. The first-order valence-electron chi connectivity index (χ1n) is 12.5. The molecule has 0 saturated carbocycles. The van der Waals surface area contributed by atoms with Crippen LogP contribution in [-0.2, 0) is 4.79 Å². The number of carbonyl (C=O) groups is 1. The molecule has 1 aliphatic rings. The van der Waals surface area contributed by atoms with Crippen LogP contribution in [-0.4, -0.2) is 67.1 Å². The maximum atomic E-state index is 11.6. The fraction of sp³-hybridized carbons (Fsp3) is 0.385. The first-order chi connectivity index (χ1) is 18.3. The molecule has 38 heavy (non-hydrogen) atoms. The number of hydrogen-bond donors (Lipinski definition) is 4. The highest BCUT2D eigenvalue weighted by Crippen LogP contribution is 2.38. The number of rotatable bonds is 8. The zero-order valence-electron chi connectivity index (χ0n) is 21.5. The molecule has 0 bridgehead atoms. The third kappa shape index (κ3) is 5.28. The minimum absolute atomic E-state index is 0.548. The summed E-state index contributed by atoms with van der Waals surface area (Å²) in [7, 11) is 0. The Bertz CT molecular complexity index is 1450. The second-order valence-electron chi connectivity index (χ2n) is 9.64. The average molecular weight is 535 g/mol. The second kappa shape index (κ2) is 10.6. The number of carboxylic acids is 1. The smallest absolute Gasteiger partial charge is 0.309 e. The number of fused-ring (bicyclic) bond motifs is 1. The lowest BCUT2D eigenvalue weighted by molar-refractivity contribution is -0.149. The van der Waals surface area contributed by atoms with E-state index < -0.39 is 17.7 Å². The van der Waals surface area contributed by atoms with Gasteiger partial charge in [-0.2, -0.15) is 0 Å². The number of aliphatic carboxylic acids is 1. The molecule has 0 spiro atoms. The van der Waals surface area contributed by atoms with Crippen LogP contribution >= 0.6 is 11.3 Å². The average Bonchev–Trinajstić information content (AvgIpc) is 3.31. The summed E-state index contributed by atoms with van der Waals surface area (Å²) in [4.78, 5) is 36.6. The second-order valence-corrected chi connectivity index (χ2v) is 10.6. The van der Waals surface area contributed by atoms with Crippen molar-refractivity contribution in [3.8, 4) is 22.5 Å². The highest BCUT2D eigenvalue weighted by atomic mass is 32.1. The number of hydrogen-bond acceptors (Lipinski definition) is 11. The van der Waals surface area contributed by atoms with Gasteiger partial charge in [-0.3, -0.25) is 10.1 Å². The van der Waals surface area contributed by atoms with E-state index in [0.717, 1.165) is 32.6 Å². The number of piperidine rings is 1. The largest absolute Gasteiger partial charge is 0.481 e. The molecule has 1 fully saturated rings. The third-order valence-electron chi connectivity index (χ3n) is 6.82. The standard InChI is InChI=1S/C26H30N8O3S/c1-4-27-24(37)33-25-32-19-12-16(11-18(20(19)38-25)21-28-8-5-15(2)31-21)17-13-29-23(30-14-17)34-9-6-26(3,7-10-34)22(35)36/h5,8,11-14,24,27,37H,4,6-7,9-10H2,1-3H3,(H,32,33)(H,35,36). The van der Waals surface area contributed by atoms with E-state index in [2.05, 4.69) is 30.6 Å². The summed E-state index contributed by atoms with van der Waals surface area (Å²) in [6, 6.07) is 5.83. The normalized spacial score (nSPS) is 15.9. The SMILES string of the molecule is CCNC(O)Nc1nc2cc(-c3cnc(N4CCC(C)(C(=O)O)CC4)nc3)cc(-c3nccc(C)n3)c2s1. The summed E-state index contributed by atoms with van der Waals surface area (Å²) >= 11 is 1.42. The fourth-order valence-corrected chi connectivity index (χ4v) is 5.39. The molecule has 1 atom stereocenters. The van der Waals surface area contributed by atoms with Crippen molar-refractivity contribution in [2.45, 2.75) is 40.0 Å². The van der Waals surface area contributed by atoms with E-state index >= 15 is 0 Å². The van der Waals surface area contributed by atoms with Crippen molar-refractivity contribution in [1.82, 2.24) is 30.2 Å². The lowest BCUT2D eigenvalue weighted by Crippen LogP contribution is -2.43. The number of benzene rings is 1. The third-order valence-corrected chi connectivity index (χ3v) is 7.86. The zero-order chi connectivity index (χ0) is 26.9. The predicted molar refractivity (Wildman–Crippen MR) is 147 cm³/mol. The van der Waals surface area contributed by atoms with Gasteiger partial charge in [0.05, 0.1) is 15.6 Å². The van der Waals surface area contributed by atoms with E-state index in [9.17, 15) is 15.0 Å². The molecule has 5 rings (SSSR count). The molecule has 11 nitrogen and oxygen atoms in total. The summed E-state index contributed by atoms with van der Waals surface area (Å²) in [5, 5.41) is 26.1. The van der Waals surface area contributed by atoms with Crippen LogP contribution in [0.4, 0.5) is 11.1 Å². The molecule has 0 aliphatic carbocycles. The molecule has 4 N–H and O–H groups in total. The van der Waals surface area contributed by atoms with Gasteiger partial charge in [0.2, 0.25) is 5.95 Å². The first kappa shape index (κ1) is 25.9. The Morgan fingerprint density at radius 2 is 1.89 bits per heavy atom. The van der Waals surface area contributed by atoms with Gasteiger partial charge < -0.3 is 20.4 Å². The minimum Gasteiger partial charge on any atom is -0.481 e. The van der Waals surface area contributed by atoms with E-state index in [1.54, 1.807) is 25.5 Å². The number of aliphatic hydroxyl groups is 1. The van der Waals surface area contributed by atoms with Crippen LogP contribution in [0.2, 0.25) is 0 Å². The van der Waals surface area contributed by atoms with Gasteiger partial charge in [0.25, 0.3) is 0 Å². The number of nitrogens with one attached hydrogen (secondary N) is 2. The van der Waals surface area contributed by atoms with Gasteiger partial charge >= 0.3 is 5.97 Å². The zero-order valence-corrected chi connectivity index (χ0v) is 22.3. The van der Waals surface area contributed by atoms with Gasteiger partial charge in [-0.05, 0) is 57.0 Å². The van der Waals surface area contributed by atoms with Gasteiger partial charge in [0.15, 0.2) is 17.3 Å². The van der Waals surface area contributed by atoms with Gasteiger partial charge in [0.1, 0.15) is 0 Å². The number of thiazole rings is 1. The van der Waals surface area contributed by atoms with Crippen LogP contribution in [0.1, 0.15) is 32.4 Å². The monoisotopic (exact) mass is 534 g/mol. The van der Waals surface area contributed by atoms with Crippen LogP contribution in [0.3, 0.4) is 0 Å². The van der Waals surface area contributed by atoms with E-state index in [0.29, 0.717) is 49.4 Å². The Morgan fingerprint density at radius 1 is 1.16 bits per heavy atom. The van der Waals surface area contributed by atoms with Gasteiger partial charge in [0, 0.05) is 48.5 Å². The molecule has 0 amide bonds. The first-order valence-corrected chi connectivity index (χ1v) is 13.3. The molecule has 12 heteroatoms. The van der Waals surface area contributed by atoms with Crippen molar-refractivity contribution in [1.29, 1.82) is 0 Å². The van der Waals surface area contributed by atoms with Crippen molar-refractivity contribution in [2.75, 3.05) is 29.9 Å². The Balaban J connectivity index is 1.47. The van der Waals surface area contributed by atoms with Gasteiger partial charge in [-0.25, -0.2) is 24.9 Å². The summed E-state index contributed by atoms with van der Waals surface area (Å²) in [6.45, 7) is 7.42. The van der Waals surface area contributed by atoms with E-state index in [1.807, 2.05) is 36.9 Å². The number of anilines is 2. The van der Waals surface area contributed by atoms with Crippen molar-refractivity contribution in [3.05, 3.63) is 42.5 Å². The molecule has 1 aromatic carbocycles. The molecule has 1 saturated heterocycles. The number of aryl methyl sites for hydroxylation is 1. The maximum Gasteiger partial charge on any atom is 0.309 e. The number of nitrogens with zero attached hydrogens (tertiary/aromatic N) is 6. The predicted octanol–water partition coefficient (Wildman–Crippen LogP) is 3.51. The Morgan fingerprint density at radius 3 is 2.55 bits per heavy atom. The molecule has 4 heterocycles. The van der Waals surface area contributed by atoms with Crippen molar-refractivity contribution in [3.63, 3.8) is 0 Å². The van der Waals surface area contributed by atoms with Crippen molar-refractivity contribution >= 4 is 38.6 Å². The van der Waals surface area contributed by atoms with Crippen molar-refractivity contribution < 1.29 is 15.0 Å². The highest BCUT2D eigenvalue weighted by molar-refractivity contribution is 7.22. The van der Waals surface area contributed by atoms with Crippen LogP contribution in [0, 0.1) is 12.3 Å². The lowest BCUT2D eigenvalue weighted by atomic mass is 9.80. The highest BCUT2D eigenvalue weighted by Gasteiger charge is 2.37. The van der Waals surface area contributed by atoms with Crippen LogP contribution < -0.4 is 15.5 Å². The molecule has 3 aromatic heterocycles. The van der Waals surface area contributed by atoms with Crippen molar-refractivity contribution in [2.24, 2.45) is 5.41 Å². The summed E-state index contributed by atoms with van der Waals surface area (Å²) < 4.78 is 0.901. The quantitative estimate of drug-likeness (QED) is 0.246.